The Morgan fingerprint density at radius 3 is 2.44 bits per heavy atom. The van der Waals surface area contributed by atoms with Crippen LogP contribution in [0.3, 0.4) is 0 Å². The van der Waals surface area contributed by atoms with Gasteiger partial charge >= 0.3 is 0 Å². The molecule has 0 spiro atoms. The molecule has 1 aliphatic heterocycles. The number of aliphatic hydroxyl groups excluding tert-OH is 1. The van der Waals surface area contributed by atoms with Crippen molar-refractivity contribution in [3.8, 4) is 11.8 Å². The second kappa shape index (κ2) is 10.4. The Bertz CT molecular complexity index is 1120. The highest BCUT2D eigenvalue weighted by Crippen LogP contribution is 2.61. The summed E-state index contributed by atoms with van der Waals surface area (Å²) in [6.07, 6.45) is 5.04. The van der Waals surface area contributed by atoms with Gasteiger partial charge in [-0.1, -0.05) is 39.3 Å². The van der Waals surface area contributed by atoms with E-state index in [4.69, 9.17) is 26.7 Å². The lowest BCUT2D eigenvalue weighted by molar-refractivity contribution is -0.196. The maximum absolute atomic E-state index is 13.2. The minimum Gasteiger partial charge on any atom is -0.489 e. The first-order chi connectivity index (χ1) is 17.1. The van der Waals surface area contributed by atoms with Crippen LogP contribution in [0.1, 0.15) is 69.3 Å². The van der Waals surface area contributed by atoms with E-state index in [9.17, 15) is 4.79 Å². The number of nitrogens with zero attached hydrogens (tertiary/aromatic N) is 3. The number of ketones is 1. The molecule has 4 rings (SSSR count). The zero-order valence-corrected chi connectivity index (χ0v) is 22.4. The van der Waals surface area contributed by atoms with Gasteiger partial charge in [-0.2, -0.15) is 5.26 Å². The molecular formula is C29H36ClN3O3. The van der Waals surface area contributed by atoms with E-state index in [1.54, 1.807) is 24.4 Å². The number of nitriles is 1. The summed E-state index contributed by atoms with van der Waals surface area (Å²) in [6.45, 7) is 10.7. The van der Waals surface area contributed by atoms with E-state index in [1.807, 2.05) is 12.1 Å². The summed E-state index contributed by atoms with van der Waals surface area (Å²) in [6, 6.07) is 11.1. The molecule has 1 saturated heterocycles. The van der Waals surface area contributed by atoms with Crippen LogP contribution in [-0.4, -0.2) is 41.7 Å². The lowest BCUT2D eigenvalue weighted by Gasteiger charge is -2.63. The van der Waals surface area contributed by atoms with Crippen molar-refractivity contribution in [2.75, 3.05) is 24.6 Å². The van der Waals surface area contributed by atoms with Crippen LogP contribution in [0.25, 0.3) is 0 Å². The number of aliphatic hydroxyl groups is 1. The van der Waals surface area contributed by atoms with Crippen LogP contribution in [0.15, 0.2) is 36.5 Å². The molecule has 7 heteroatoms. The largest absolute Gasteiger partial charge is 0.489 e. The molecule has 6 nitrogen and oxygen atoms in total. The number of piperidine rings is 1. The van der Waals surface area contributed by atoms with Crippen LogP contribution in [0.2, 0.25) is 5.02 Å². The molecule has 0 unspecified atom stereocenters. The van der Waals surface area contributed by atoms with Gasteiger partial charge in [-0.15, -0.1) is 0 Å². The van der Waals surface area contributed by atoms with Gasteiger partial charge in [0.1, 0.15) is 23.7 Å². The molecule has 2 aliphatic rings. The Kier molecular flexibility index (Phi) is 7.64. The number of benzene rings is 1. The molecule has 1 N–H and O–H groups in total. The van der Waals surface area contributed by atoms with Gasteiger partial charge in [-0.3, -0.25) is 4.79 Å². The highest BCUT2D eigenvalue weighted by molar-refractivity contribution is 6.31. The van der Waals surface area contributed by atoms with Gasteiger partial charge in [-0.05, 0) is 55.4 Å². The summed E-state index contributed by atoms with van der Waals surface area (Å²) in [7, 11) is 0. The Hall–Kier alpha value is -2.62. The first kappa shape index (κ1) is 26.4. The predicted molar refractivity (Wildman–Crippen MR) is 141 cm³/mol. The number of pyridine rings is 1. The molecule has 2 aromatic rings. The third kappa shape index (κ3) is 5.10. The molecule has 2 heterocycles. The van der Waals surface area contributed by atoms with Crippen molar-refractivity contribution in [3.05, 3.63) is 52.7 Å². The first-order valence-electron chi connectivity index (χ1n) is 12.8. The van der Waals surface area contributed by atoms with E-state index in [-0.39, 0.29) is 35.2 Å². The fourth-order valence-electron chi connectivity index (χ4n) is 6.49. The van der Waals surface area contributed by atoms with Crippen LogP contribution < -0.4 is 9.64 Å². The molecule has 2 fully saturated rings. The van der Waals surface area contributed by atoms with E-state index < -0.39 is 0 Å². The van der Waals surface area contributed by atoms with Crippen LogP contribution in [0.4, 0.5) is 5.82 Å². The van der Waals surface area contributed by atoms with Crippen molar-refractivity contribution in [2.45, 2.75) is 59.5 Å². The maximum atomic E-state index is 13.2. The minimum absolute atomic E-state index is 0.0962. The summed E-state index contributed by atoms with van der Waals surface area (Å²) >= 11 is 6.20. The van der Waals surface area contributed by atoms with Gasteiger partial charge in [0, 0.05) is 54.8 Å². The molecule has 0 bridgehead atoms. The van der Waals surface area contributed by atoms with Gasteiger partial charge in [0.15, 0.2) is 5.78 Å². The molecule has 0 atom stereocenters. The second-order valence-corrected chi connectivity index (χ2v) is 11.8. The van der Waals surface area contributed by atoms with Gasteiger partial charge in [0.05, 0.1) is 10.6 Å². The Morgan fingerprint density at radius 1 is 1.19 bits per heavy atom. The third-order valence-electron chi connectivity index (χ3n) is 8.40. The Labute approximate surface area is 219 Å². The van der Waals surface area contributed by atoms with Crippen molar-refractivity contribution < 1.29 is 14.6 Å². The summed E-state index contributed by atoms with van der Waals surface area (Å²) in [5, 5.41) is 18.7. The van der Waals surface area contributed by atoms with E-state index in [0.29, 0.717) is 34.2 Å². The van der Waals surface area contributed by atoms with E-state index >= 15 is 0 Å². The normalized spacial score (nSPS) is 23.0. The number of anilines is 1. The number of halogens is 1. The van der Waals surface area contributed by atoms with E-state index in [2.05, 4.69) is 43.6 Å². The summed E-state index contributed by atoms with van der Waals surface area (Å²) in [5.74, 6) is 2.37. The van der Waals surface area contributed by atoms with Crippen molar-refractivity contribution in [1.82, 2.24) is 4.98 Å². The zero-order valence-electron chi connectivity index (χ0n) is 21.6. The Balaban J connectivity index is 1.38. The fraction of sp³-hybridized carbons (Fsp3) is 0.552. The Morgan fingerprint density at radius 2 is 1.89 bits per heavy atom. The third-order valence-corrected chi connectivity index (χ3v) is 8.71. The first-order valence-corrected chi connectivity index (χ1v) is 13.2. The lowest BCUT2D eigenvalue weighted by atomic mass is 9.44. The number of carbonyl (C=O) groups is 1. The van der Waals surface area contributed by atoms with E-state index in [0.717, 1.165) is 38.2 Å². The molecule has 36 heavy (non-hydrogen) atoms. The highest BCUT2D eigenvalue weighted by Gasteiger charge is 2.63. The summed E-state index contributed by atoms with van der Waals surface area (Å²) < 4.78 is 6.35. The molecule has 192 valence electrons. The van der Waals surface area contributed by atoms with Crippen molar-refractivity contribution >= 4 is 23.2 Å². The highest BCUT2D eigenvalue weighted by atomic mass is 35.5. The summed E-state index contributed by atoms with van der Waals surface area (Å²) in [5.41, 5.74) is 0.631. The van der Waals surface area contributed by atoms with Gasteiger partial charge in [0.2, 0.25) is 0 Å². The maximum Gasteiger partial charge on any atom is 0.164 e. The van der Waals surface area contributed by atoms with Gasteiger partial charge in [0.25, 0.3) is 0 Å². The smallest absolute Gasteiger partial charge is 0.164 e. The molecule has 0 radical (unpaired) electrons. The number of rotatable bonds is 8. The summed E-state index contributed by atoms with van der Waals surface area (Å²) in [4.78, 5) is 20.1. The average molecular weight is 510 g/mol. The molecule has 0 amide bonds. The number of aromatic nitrogens is 1. The van der Waals surface area contributed by atoms with Crippen molar-refractivity contribution in [2.24, 2.45) is 22.7 Å². The minimum atomic E-state index is -0.216. The van der Waals surface area contributed by atoms with Crippen LogP contribution in [-0.2, 0) is 0 Å². The predicted octanol–water partition coefficient (Wildman–Crippen LogP) is 5.91. The molecular weight excluding hydrogens is 474 g/mol. The average Bonchev–Trinajstić information content (AvgIpc) is 2.86. The number of Topliss-reactive ketones (excluding diaryl/α,β-unsaturated/α-hetero) is 1. The molecule has 1 saturated carbocycles. The fourth-order valence-corrected chi connectivity index (χ4v) is 6.70. The number of carbonyl (C=O) groups excluding carboxylic acids is 1. The SMILES string of the molecule is CC1(C)C(CC(=O)c2ccc(N3CCC(CCO)CC3)nc2)C(C)(C)C1Oc1ccc(C#N)c(Cl)c1. The quantitative estimate of drug-likeness (QED) is 0.445. The van der Waals surface area contributed by atoms with Crippen molar-refractivity contribution in [3.63, 3.8) is 0 Å². The number of ether oxygens (including phenoxy) is 1. The molecule has 1 aromatic carbocycles. The topological polar surface area (TPSA) is 86.5 Å². The van der Waals surface area contributed by atoms with Crippen LogP contribution in [0, 0.1) is 34.0 Å². The number of hydrogen-bond acceptors (Lipinski definition) is 6. The monoisotopic (exact) mass is 509 g/mol. The second-order valence-electron chi connectivity index (χ2n) is 11.4. The van der Waals surface area contributed by atoms with Crippen molar-refractivity contribution in [1.29, 1.82) is 5.26 Å². The standard InChI is InChI=1S/C29H36ClN3O3/c1-28(2)25(29(3,4)27(28)36-22-7-5-20(17-31)23(30)15-22)16-24(35)21-6-8-26(32-18-21)33-12-9-19(10-13-33)11-14-34/h5-8,15,18-19,25,27,34H,9-14,16H2,1-4H3. The molecule has 1 aromatic heterocycles. The molecule has 1 aliphatic carbocycles. The lowest BCUT2D eigenvalue weighted by Crippen LogP contribution is -2.66. The van der Waals surface area contributed by atoms with Crippen LogP contribution >= 0.6 is 11.6 Å². The van der Waals surface area contributed by atoms with Gasteiger partial charge < -0.3 is 14.7 Å². The number of hydrogen-bond donors (Lipinski definition) is 1. The van der Waals surface area contributed by atoms with Gasteiger partial charge in [-0.25, -0.2) is 4.98 Å². The zero-order chi connectivity index (χ0) is 26.1. The van der Waals surface area contributed by atoms with E-state index in [1.165, 1.54) is 0 Å². The van der Waals surface area contributed by atoms with Crippen LogP contribution in [0.5, 0.6) is 5.75 Å².